The Morgan fingerprint density at radius 2 is 2.00 bits per heavy atom. The maximum atomic E-state index is 12.1. The van der Waals surface area contributed by atoms with Crippen LogP contribution in [-0.4, -0.2) is 23.1 Å². The summed E-state index contributed by atoms with van der Waals surface area (Å²) in [5, 5.41) is 12.3. The van der Waals surface area contributed by atoms with Crippen molar-refractivity contribution in [2.75, 3.05) is 12.4 Å². The third-order valence-electron chi connectivity index (χ3n) is 3.92. The van der Waals surface area contributed by atoms with Crippen molar-refractivity contribution in [2.45, 2.75) is 19.8 Å². The summed E-state index contributed by atoms with van der Waals surface area (Å²) in [6.07, 6.45) is 2.30. The number of aromatic nitrogens is 1. The van der Waals surface area contributed by atoms with Gasteiger partial charge in [-0.05, 0) is 19.1 Å². The van der Waals surface area contributed by atoms with E-state index in [0.717, 1.165) is 5.56 Å². The van der Waals surface area contributed by atoms with Crippen molar-refractivity contribution in [3.8, 4) is 22.8 Å². The highest BCUT2D eigenvalue weighted by atomic mass is 16.5. The van der Waals surface area contributed by atoms with Crippen molar-refractivity contribution < 1.29 is 19.1 Å². The molecule has 2 N–H and O–H groups in total. The predicted octanol–water partition coefficient (Wildman–Crippen LogP) is 3.94. The number of hydrogen-bond acceptors (Lipinski definition) is 5. The molecular formula is C20H20N2O4. The van der Waals surface area contributed by atoms with Gasteiger partial charge in [0.1, 0.15) is 0 Å². The second-order valence-corrected chi connectivity index (χ2v) is 5.92. The van der Waals surface area contributed by atoms with Crippen molar-refractivity contribution >= 4 is 11.6 Å². The van der Waals surface area contributed by atoms with E-state index in [9.17, 15) is 9.90 Å². The van der Waals surface area contributed by atoms with E-state index < -0.39 is 0 Å². The van der Waals surface area contributed by atoms with Gasteiger partial charge in [0, 0.05) is 30.2 Å². The minimum atomic E-state index is -0.173. The average molecular weight is 352 g/mol. The number of phenolic OH excluding ortho intramolecular Hbond substituents is 1. The van der Waals surface area contributed by atoms with E-state index >= 15 is 0 Å². The number of carbonyl (C=O) groups excluding carboxylic acids is 1. The Hall–Kier alpha value is -3.28. The van der Waals surface area contributed by atoms with Crippen LogP contribution >= 0.6 is 0 Å². The summed E-state index contributed by atoms with van der Waals surface area (Å²) in [5.74, 6) is 1.35. The number of amides is 1. The molecule has 3 rings (SSSR count). The lowest BCUT2D eigenvalue weighted by Crippen LogP contribution is -2.12. The van der Waals surface area contributed by atoms with Gasteiger partial charge in [-0.15, -0.1) is 0 Å². The number of oxazole rings is 1. The molecule has 0 atom stereocenters. The van der Waals surface area contributed by atoms with E-state index in [4.69, 9.17) is 9.15 Å². The summed E-state index contributed by atoms with van der Waals surface area (Å²) in [6.45, 7) is 2.03. The minimum absolute atomic E-state index is 0.0221. The molecule has 1 aromatic heterocycles. The Balaban J connectivity index is 1.57. The summed E-state index contributed by atoms with van der Waals surface area (Å²) in [5.41, 5.74) is 2.68. The molecule has 1 amide bonds. The molecule has 0 fully saturated rings. The van der Waals surface area contributed by atoms with Gasteiger partial charge in [0.2, 0.25) is 5.91 Å². The zero-order valence-corrected chi connectivity index (χ0v) is 14.7. The number of nitrogens with one attached hydrogen (secondary N) is 1. The van der Waals surface area contributed by atoms with Crippen molar-refractivity contribution in [1.82, 2.24) is 4.98 Å². The smallest absolute Gasteiger partial charge is 0.224 e. The van der Waals surface area contributed by atoms with Gasteiger partial charge in [-0.2, -0.15) is 0 Å². The number of aromatic hydroxyl groups is 1. The fourth-order valence-electron chi connectivity index (χ4n) is 2.48. The molecule has 26 heavy (non-hydrogen) atoms. The summed E-state index contributed by atoms with van der Waals surface area (Å²) in [4.78, 5) is 16.3. The van der Waals surface area contributed by atoms with Gasteiger partial charge in [0.05, 0.1) is 13.3 Å². The zero-order chi connectivity index (χ0) is 18.5. The number of anilines is 1. The number of ether oxygens (including phenoxy) is 1. The van der Waals surface area contributed by atoms with E-state index in [1.54, 1.807) is 18.3 Å². The number of rotatable bonds is 6. The van der Waals surface area contributed by atoms with E-state index in [2.05, 4.69) is 10.3 Å². The SMILES string of the molecule is COc1cc(NC(=O)CCc2ncc(-c3ccc(C)cc3)o2)ccc1O. The molecule has 0 unspecified atom stereocenters. The van der Waals surface area contributed by atoms with Gasteiger partial charge < -0.3 is 19.6 Å². The highest BCUT2D eigenvalue weighted by molar-refractivity contribution is 5.91. The van der Waals surface area contributed by atoms with Crippen LogP contribution < -0.4 is 10.1 Å². The van der Waals surface area contributed by atoms with Crippen LogP contribution in [0.5, 0.6) is 11.5 Å². The van der Waals surface area contributed by atoms with Gasteiger partial charge in [-0.1, -0.05) is 29.8 Å². The number of benzene rings is 2. The Morgan fingerprint density at radius 1 is 1.23 bits per heavy atom. The van der Waals surface area contributed by atoms with Crippen molar-refractivity contribution in [3.05, 3.63) is 60.1 Å². The number of phenols is 1. The third-order valence-corrected chi connectivity index (χ3v) is 3.92. The zero-order valence-electron chi connectivity index (χ0n) is 14.7. The van der Waals surface area contributed by atoms with Gasteiger partial charge >= 0.3 is 0 Å². The van der Waals surface area contributed by atoms with Crippen LogP contribution in [0.15, 0.2) is 53.1 Å². The van der Waals surface area contributed by atoms with Crippen LogP contribution in [0, 0.1) is 6.92 Å². The highest BCUT2D eigenvalue weighted by Crippen LogP contribution is 2.28. The van der Waals surface area contributed by atoms with Crippen molar-refractivity contribution in [2.24, 2.45) is 0 Å². The summed E-state index contributed by atoms with van der Waals surface area (Å²) < 4.78 is 10.7. The van der Waals surface area contributed by atoms with Crippen molar-refractivity contribution in [3.63, 3.8) is 0 Å². The first-order valence-electron chi connectivity index (χ1n) is 8.24. The van der Waals surface area contributed by atoms with Gasteiger partial charge in [0.15, 0.2) is 23.1 Å². The molecule has 2 aromatic carbocycles. The molecule has 3 aromatic rings. The molecular weight excluding hydrogens is 332 g/mol. The van der Waals surface area contributed by atoms with E-state index in [-0.39, 0.29) is 18.1 Å². The first-order chi connectivity index (χ1) is 12.5. The van der Waals surface area contributed by atoms with Crippen molar-refractivity contribution in [1.29, 1.82) is 0 Å². The Kier molecular flexibility index (Phi) is 5.22. The summed E-state index contributed by atoms with van der Waals surface area (Å²) in [7, 11) is 1.45. The lowest BCUT2D eigenvalue weighted by Gasteiger charge is -2.08. The Morgan fingerprint density at radius 3 is 2.73 bits per heavy atom. The van der Waals surface area contributed by atoms with Crippen LogP contribution in [-0.2, 0) is 11.2 Å². The Bertz CT molecular complexity index is 900. The van der Waals surface area contributed by atoms with Crippen LogP contribution in [0.4, 0.5) is 5.69 Å². The molecule has 134 valence electrons. The maximum Gasteiger partial charge on any atom is 0.224 e. The number of nitrogens with zero attached hydrogens (tertiary/aromatic N) is 1. The molecule has 0 bridgehead atoms. The van der Waals surface area contributed by atoms with Crippen LogP contribution in [0.2, 0.25) is 0 Å². The molecule has 0 saturated heterocycles. The normalized spacial score (nSPS) is 10.5. The second kappa shape index (κ2) is 7.74. The largest absolute Gasteiger partial charge is 0.504 e. The van der Waals surface area contributed by atoms with E-state index in [0.29, 0.717) is 29.5 Å². The van der Waals surface area contributed by atoms with E-state index in [1.807, 2.05) is 31.2 Å². The quantitative estimate of drug-likeness (QED) is 0.657. The van der Waals surface area contributed by atoms with Crippen LogP contribution in [0.1, 0.15) is 17.9 Å². The number of methoxy groups -OCH3 is 1. The van der Waals surface area contributed by atoms with E-state index in [1.165, 1.54) is 18.7 Å². The molecule has 0 aliphatic carbocycles. The van der Waals surface area contributed by atoms with Gasteiger partial charge in [-0.25, -0.2) is 4.98 Å². The number of aryl methyl sites for hydroxylation is 2. The molecule has 0 aliphatic rings. The topological polar surface area (TPSA) is 84.6 Å². The monoisotopic (exact) mass is 352 g/mol. The Labute approximate surface area is 151 Å². The minimum Gasteiger partial charge on any atom is -0.504 e. The molecule has 6 nitrogen and oxygen atoms in total. The first kappa shape index (κ1) is 17.5. The first-order valence-corrected chi connectivity index (χ1v) is 8.24. The highest BCUT2D eigenvalue weighted by Gasteiger charge is 2.10. The van der Waals surface area contributed by atoms with Gasteiger partial charge in [0.25, 0.3) is 0 Å². The molecule has 6 heteroatoms. The third kappa shape index (κ3) is 4.22. The molecule has 1 heterocycles. The lowest BCUT2D eigenvalue weighted by molar-refractivity contribution is -0.116. The van der Waals surface area contributed by atoms with Gasteiger partial charge in [-0.3, -0.25) is 4.79 Å². The van der Waals surface area contributed by atoms with Crippen LogP contribution in [0.25, 0.3) is 11.3 Å². The molecule has 0 saturated carbocycles. The summed E-state index contributed by atoms with van der Waals surface area (Å²) >= 11 is 0. The molecule has 0 radical (unpaired) electrons. The fraction of sp³-hybridized carbons (Fsp3) is 0.200. The molecule has 0 spiro atoms. The van der Waals surface area contributed by atoms with Crippen LogP contribution in [0.3, 0.4) is 0 Å². The standard InChI is InChI=1S/C20H20N2O4/c1-13-3-5-14(6-4-13)18-12-21-20(26-18)10-9-19(24)22-15-7-8-16(23)17(11-15)25-2/h3-8,11-12,23H,9-10H2,1-2H3,(H,22,24). The average Bonchev–Trinajstić information content (AvgIpc) is 3.11. The summed E-state index contributed by atoms with van der Waals surface area (Å²) in [6, 6.07) is 12.6. The fourth-order valence-corrected chi connectivity index (χ4v) is 2.48. The number of hydrogen-bond donors (Lipinski definition) is 2. The number of carbonyl (C=O) groups is 1. The lowest BCUT2D eigenvalue weighted by atomic mass is 10.1. The maximum absolute atomic E-state index is 12.1. The predicted molar refractivity (Wildman–Crippen MR) is 98.3 cm³/mol. The second-order valence-electron chi connectivity index (χ2n) is 5.92. The molecule has 0 aliphatic heterocycles.